The Kier molecular flexibility index (Phi) is 6.33. The molecule has 3 rings (SSSR count). The predicted molar refractivity (Wildman–Crippen MR) is 113 cm³/mol. The molecule has 0 fully saturated rings. The maximum atomic E-state index is 12.5. The molecule has 2 aromatic rings. The molecule has 5 nitrogen and oxygen atoms in total. The maximum absolute atomic E-state index is 12.5. The van der Waals surface area contributed by atoms with Crippen molar-refractivity contribution >= 4 is 35.3 Å². The fourth-order valence-electron chi connectivity index (χ4n) is 2.82. The molecule has 0 saturated heterocycles. The van der Waals surface area contributed by atoms with E-state index in [4.69, 9.17) is 16.3 Å². The van der Waals surface area contributed by atoms with Crippen molar-refractivity contribution in [1.82, 2.24) is 4.90 Å². The van der Waals surface area contributed by atoms with Crippen LogP contribution < -0.4 is 0 Å². The molecule has 7 heteroatoms. The summed E-state index contributed by atoms with van der Waals surface area (Å²) in [5.74, 6) is 0. The average molecular weight is 419 g/mol. The smallest absolute Gasteiger partial charge is 0.410 e. The molecular weight excluding hydrogens is 396 g/mol. The molecule has 148 valence electrons. The molecule has 1 unspecified atom stereocenters. The highest BCUT2D eigenvalue weighted by Crippen LogP contribution is 2.30. The highest BCUT2D eigenvalue weighted by Gasteiger charge is 2.28. The standard InChI is InChI=1S/C21H23ClN2O3S/c1-21(2,3)28(26)23-11-16-9-18(22)10-17-12-24(13-19(16)17)20(25)27-14-15-7-5-4-6-8-15/h4-11H,12-14H2,1-3H3. The van der Waals surface area contributed by atoms with Crippen LogP contribution in [0.1, 0.15) is 43.0 Å². The number of ether oxygens (including phenoxy) is 1. The van der Waals surface area contributed by atoms with Crippen LogP contribution in [-0.2, 0) is 35.8 Å². The first-order valence-corrected chi connectivity index (χ1v) is 10.5. The summed E-state index contributed by atoms with van der Waals surface area (Å²) in [7, 11) is 0. The Bertz CT molecular complexity index is 881. The number of hydrogen-bond donors (Lipinski definition) is 0. The van der Waals surface area contributed by atoms with Crippen LogP contribution >= 0.6 is 11.6 Å². The highest BCUT2D eigenvalue weighted by molar-refractivity contribution is 7.91. The number of fused-ring (bicyclic) bond motifs is 1. The maximum Gasteiger partial charge on any atom is 0.410 e. The lowest BCUT2D eigenvalue weighted by atomic mass is 10.0. The van der Waals surface area contributed by atoms with E-state index in [-0.39, 0.29) is 12.7 Å². The number of carbonyl (C=O) groups is 1. The number of benzene rings is 2. The van der Waals surface area contributed by atoms with Gasteiger partial charge in [-0.2, -0.15) is 0 Å². The Morgan fingerprint density at radius 3 is 2.68 bits per heavy atom. The zero-order valence-electron chi connectivity index (χ0n) is 16.1. The van der Waals surface area contributed by atoms with Crippen molar-refractivity contribution in [3.8, 4) is 0 Å². The second kappa shape index (κ2) is 8.55. The molecule has 2 aromatic carbocycles. The van der Waals surface area contributed by atoms with Gasteiger partial charge in [-0.25, -0.2) is 4.79 Å². The zero-order valence-corrected chi connectivity index (χ0v) is 17.7. The highest BCUT2D eigenvalue weighted by atomic mass is 35.5. The summed E-state index contributed by atoms with van der Waals surface area (Å²) in [6.07, 6.45) is 1.21. The van der Waals surface area contributed by atoms with E-state index in [1.54, 1.807) is 17.2 Å². The summed E-state index contributed by atoms with van der Waals surface area (Å²) in [5, 5.41) is 0.557. The Hall–Kier alpha value is -2.02. The molecule has 0 saturated carbocycles. The van der Waals surface area contributed by atoms with Gasteiger partial charge in [0.1, 0.15) is 22.7 Å². The van der Waals surface area contributed by atoms with Gasteiger partial charge in [0.05, 0.1) is 12.8 Å². The van der Waals surface area contributed by atoms with E-state index in [9.17, 15) is 9.35 Å². The molecule has 0 spiro atoms. The van der Waals surface area contributed by atoms with Crippen LogP contribution in [0.5, 0.6) is 0 Å². The third kappa shape index (κ3) is 5.07. The number of carbonyl (C=O) groups excluding carboxylic acids is 1. The van der Waals surface area contributed by atoms with Crippen LogP contribution in [0.15, 0.2) is 46.9 Å². The minimum atomic E-state index is -1.36. The molecule has 0 bridgehead atoms. The second-order valence-electron chi connectivity index (χ2n) is 7.62. The van der Waals surface area contributed by atoms with Crippen molar-refractivity contribution in [3.63, 3.8) is 0 Å². The van der Waals surface area contributed by atoms with E-state index >= 15 is 0 Å². The van der Waals surface area contributed by atoms with E-state index in [0.29, 0.717) is 18.1 Å². The van der Waals surface area contributed by atoms with E-state index < -0.39 is 16.1 Å². The topological polar surface area (TPSA) is 65.0 Å². The van der Waals surface area contributed by atoms with Gasteiger partial charge >= 0.3 is 6.09 Å². The van der Waals surface area contributed by atoms with Crippen LogP contribution in [0.3, 0.4) is 0 Å². The summed E-state index contributed by atoms with van der Waals surface area (Å²) in [5.41, 5.74) is 3.62. The van der Waals surface area contributed by atoms with Gasteiger partial charge in [0, 0.05) is 17.1 Å². The van der Waals surface area contributed by atoms with Gasteiger partial charge in [-0.1, -0.05) is 46.3 Å². The van der Waals surface area contributed by atoms with Crippen molar-refractivity contribution in [3.05, 3.63) is 69.7 Å². The molecule has 0 radical (unpaired) electrons. The molecule has 28 heavy (non-hydrogen) atoms. The number of halogens is 1. The van der Waals surface area contributed by atoms with Crippen molar-refractivity contribution in [1.29, 1.82) is 0 Å². The lowest BCUT2D eigenvalue weighted by Gasteiger charge is -2.18. The van der Waals surface area contributed by atoms with Gasteiger partial charge < -0.3 is 9.29 Å². The van der Waals surface area contributed by atoms with Crippen LogP contribution in [0.4, 0.5) is 4.79 Å². The summed E-state index contributed by atoms with van der Waals surface area (Å²) >= 11 is 4.87. The molecule has 1 aliphatic heterocycles. The molecule has 0 aliphatic carbocycles. The number of nitrogens with zero attached hydrogens (tertiary/aromatic N) is 2. The molecule has 0 N–H and O–H groups in total. The van der Waals surface area contributed by atoms with Gasteiger partial charge in [-0.15, -0.1) is 0 Å². The molecule has 1 atom stereocenters. The van der Waals surface area contributed by atoms with Crippen molar-refractivity contribution in [2.45, 2.75) is 45.2 Å². The lowest BCUT2D eigenvalue weighted by molar-refractivity contribution is 0.0955. The molecular formula is C21H23ClN2O3S. The first-order chi connectivity index (χ1) is 13.2. The Balaban J connectivity index is 1.71. The minimum absolute atomic E-state index is 0.228. The van der Waals surface area contributed by atoms with Crippen molar-refractivity contribution in [2.75, 3.05) is 0 Å². The molecule has 1 heterocycles. The largest absolute Gasteiger partial charge is 0.591 e. The van der Waals surface area contributed by atoms with Gasteiger partial charge in [0.15, 0.2) is 0 Å². The van der Waals surface area contributed by atoms with E-state index in [2.05, 4.69) is 4.40 Å². The summed E-state index contributed by atoms with van der Waals surface area (Å²) in [6.45, 7) is 6.66. The first-order valence-electron chi connectivity index (χ1n) is 8.97. The zero-order chi connectivity index (χ0) is 20.3. The van der Waals surface area contributed by atoms with E-state index in [1.165, 1.54) is 0 Å². The predicted octanol–water partition coefficient (Wildman–Crippen LogP) is 4.87. The lowest BCUT2D eigenvalue weighted by Crippen LogP contribution is -2.26. The van der Waals surface area contributed by atoms with Gasteiger partial charge in [-0.05, 0) is 49.6 Å². The van der Waals surface area contributed by atoms with Crippen LogP contribution in [0.2, 0.25) is 5.02 Å². The Morgan fingerprint density at radius 2 is 2.00 bits per heavy atom. The Labute approximate surface area is 173 Å². The van der Waals surface area contributed by atoms with E-state index in [1.807, 2.05) is 57.2 Å². The van der Waals surface area contributed by atoms with Crippen molar-refractivity contribution in [2.24, 2.45) is 4.40 Å². The normalized spacial score (nSPS) is 15.0. The van der Waals surface area contributed by atoms with Crippen LogP contribution in [0, 0.1) is 0 Å². The van der Waals surface area contributed by atoms with Gasteiger partial charge in [-0.3, -0.25) is 4.90 Å². The molecule has 1 aliphatic rings. The quantitative estimate of drug-likeness (QED) is 0.525. The Morgan fingerprint density at radius 1 is 1.29 bits per heavy atom. The summed E-state index contributed by atoms with van der Waals surface area (Å²) in [4.78, 5) is 14.1. The van der Waals surface area contributed by atoms with Gasteiger partial charge in [0.25, 0.3) is 0 Å². The number of amides is 1. The van der Waals surface area contributed by atoms with Crippen LogP contribution in [-0.4, -0.2) is 26.5 Å². The number of rotatable bonds is 4. The average Bonchev–Trinajstić information content (AvgIpc) is 3.08. The minimum Gasteiger partial charge on any atom is -0.591 e. The third-order valence-corrected chi connectivity index (χ3v) is 5.89. The fraction of sp³-hybridized carbons (Fsp3) is 0.333. The SMILES string of the molecule is CC(C)(C)[S+]([O-])N=Cc1cc(Cl)cc2c1CN(C(=O)OCc1ccccc1)C2. The third-order valence-electron chi connectivity index (χ3n) is 4.33. The van der Waals surface area contributed by atoms with Crippen LogP contribution in [0.25, 0.3) is 0 Å². The number of hydrogen-bond acceptors (Lipinski definition) is 4. The summed E-state index contributed by atoms with van der Waals surface area (Å²) < 4.78 is 21.4. The monoisotopic (exact) mass is 418 g/mol. The second-order valence-corrected chi connectivity index (χ2v) is 10.00. The molecule has 0 aromatic heterocycles. The first kappa shape index (κ1) is 20.7. The van der Waals surface area contributed by atoms with Gasteiger partial charge in [0.2, 0.25) is 0 Å². The fourth-order valence-corrected chi connectivity index (χ4v) is 3.60. The summed E-state index contributed by atoms with van der Waals surface area (Å²) in [6, 6.07) is 13.2. The van der Waals surface area contributed by atoms with E-state index in [0.717, 1.165) is 22.3 Å². The molecule has 1 amide bonds. The van der Waals surface area contributed by atoms with Crippen molar-refractivity contribution < 1.29 is 14.1 Å².